The summed E-state index contributed by atoms with van der Waals surface area (Å²) in [6.07, 6.45) is 0. The second-order valence-corrected chi connectivity index (χ2v) is 3.55. The fourth-order valence-electron chi connectivity index (χ4n) is 1.56. The standard InChI is InChI=1S/C12H13N3O/c1-8-11(10(16)7-13)15-12(14-8)9-5-3-2-4-6-9/h2-6H,7,13H2,1H3,(H,14,15). The molecule has 0 unspecified atom stereocenters. The fourth-order valence-corrected chi connectivity index (χ4v) is 1.56. The summed E-state index contributed by atoms with van der Waals surface area (Å²) in [4.78, 5) is 18.8. The second kappa shape index (κ2) is 4.28. The molecule has 1 heterocycles. The van der Waals surface area contributed by atoms with Gasteiger partial charge < -0.3 is 10.7 Å². The molecule has 1 aromatic carbocycles. The number of aromatic amines is 1. The SMILES string of the molecule is Cc1[nH]c(-c2ccccc2)nc1C(=O)CN. The van der Waals surface area contributed by atoms with E-state index in [1.807, 2.05) is 37.3 Å². The van der Waals surface area contributed by atoms with Crippen molar-refractivity contribution in [3.05, 3.63) is 41.7 Å². The number of aryl methyl sites for hydroxylation is 1. The average Bonchev–Trinajstić information content (AvgIpc) is 2.71. The van der Waals surface area contributed by atoms with Crippen molar-refractivity contribution in [2.45, 2.75) is 6.92 Å². The number of imidazole rings is 1. The number of aromatic nitrogens is 2. The minimum Gasteiger partial charge on any atom is -0.341 e. The summed E-state index contributed by atoms with van der Waals surface area (Å²) in [5.41, 5.74) is 7.47. The van der Waals surface area contributed by atoms with Crippen molar-refractivity contribution in [1.82, 2.24) is 9.97 Å². The molecule has 0 aliphatic rings. The first kappa shape index (κ1) is 10.6. The number of nitrogens with one attached hydrogen (secondary N) is 1. The van der Waals surface area contributed by atoms with Crippen LogP contribution in [0.3, 0.4) is 0 Å². The van der Waals surface area contributed by atoms with Crippen LogP contribution in [-0.2, 0) is 0 Å². The van der Waals surface area contributed by atoms with Crippen molar-refractivity contribution in [3.8, 4) is 11.4 Å². The van der Waals surface area contributed by atoms with E-state index in [9.17, 15) is 4.79 Å². The first-order valence-corrected chi connectivity index (χ1v) is 5.07. The van der Waals surface area contributed by atoms with E-state index >= 15 is 0 Å². The Kier molecular flexibility index (Phi) is 2.83. The summed E-state index contributed by atoms with van der Waals surface area (Å²) >= 11 is 0. The number of H-pyrrole nitrogens is 1. The number of ketones is 1. The van der Waals surface area contributed by atoms with Crippen molar-refractivity contribution in [3.63, 3.8) is 0 Å². The molecule has 0 saturated heterocycles. The quantitative estimate of drug-likeness (QED) is 0.762. The molecule has 82 valence electrons. The van der Waals surface area contributed by atoms with Crippen LogP contribution >= 0.6 is 0 Å². The highest BCUT2D eigenvalue weighted by atomic mass is 16.1. The number of nitrogens with zero attached hydrogens (tertiary/aromatic N) is 1. The zero-order valence-corrected chi connectivity index (χ0v) is 9.03. The number of Topliss-reactive ketones (excluding diaryl/α,β-unsaturated/α-hetero) is 1. The highest BCUT2D eigenvalue weighted by Gasteiger charge is 2.13. The second-order valence-electron chi connectivity index (χ2n) is 3.55. The van der Waals surface area contributed by atoms with E-state index in [-0.39, 0.29) is 12.3 Å². The molecule has 0 saturated carbocycles. The molecule has 0 fully saturated rings. The Labute approximate surface area is 93.5 Å². The zero-order valence-electron chi connectivity index (χ0n) is 9.03. The Morgan fingerprint density at radius 1 is 1.38 bits per heavy atom. The number of rotatable bonds is 3. The minimum atomic E-state index is -0.143. The van der Waals surface area contributed by atoms with Crippen LogP contribution < -0.4 is 5.73 Å². The predicted octanol–water partition coefficient (Wildman–Crippen LogP) is 1.53. The summed E-state index contributed by atoms with van der Waals surface area (Å²) < 4.78 is 0. The van der Waals surface area contributed by atoms with Gasteiger partial charge in [0.05, 0.1) is 6.54 Å². The molecule has 0 aliphatic heterocycles. The average molecular weight is 215 g/mol. The van der Waals surface area contributed by atoms with Gasteiger partial charge in [-0.3, -0.25) is 4.79 Å². The van der Waals surface area contributed by atoms with Gasteiger partial charge in [0.1, 0.15) is 11.5 Å². The number of hydrogen-bond donors (Lipinski definition) is 2. The summed E-state index contributed by atoms with van der Waals surface area (Å²) in [7, 11) is 0. The highest BCUT2D eigenvalue weighted by Crippen LogP contribution is 2.17. The van der Waals surface area contributed by atoms with Gasteiger partial charge in [0.15, 0.2) is 5.78 Å². The third kappa shape index (κ3) is 1.87. The van der Waals surface area contributed by atoms with E-state index in [0.29, 0.717) is 11.5 Å². The van der Waals surface area contributed by atoms with Crippen molar-refractivity contribution >= 4 is 5.78 Å². The minimum absolute atomic E-state index is 0.0140. The molecule has 2 rings (SSSR count). The maximum atomic E-state index is 11.5. The van der Waals surface area contributed by atoms with Gasteiger partial charge in [0.2, 0.25) is 0 Å². The summed E-state index contributed by atoms with van der Waals surface area (Å²) in [5.74, 6) is 0.561. The van der Waals surface area contributed by atoms with Gasteiger partial charge in [-0.1, -0.05) is 30.3 Å². The number of carbonyl (C=O) groups is 1. The van der Waals surface area contributed by atoms with Crippen LogP contribution in [0.5, 0.6) is 0 Å². The lowest BCUT2D eigenvalue weighted by Gasteiger charge is -1.93. The Hall–Kier alpha value is -1.94. The first-order chi connectivity index (χ1) is 7.72. The van der Waals surface area contributed by atoms with E-state index < -0.39 is 0 Å². The van der Waals surface area contributed by atoms with Gasteiger partial charge in [0, 0.05) is 11.3 Å². The molecule has 0 spiro atoms. The Morgan fingerprint density at radius 2 is 2.06 bits per heavy atom. The lowest BCUT2D eigenvalue weighted by atomic mass is 10.2. The molecule has 16 heavy (non-hydrogen) atoms. The monoisotopic (exact) mass is 215 g/mol. The zero-order chi connectivity index (χ0) is 11.5. The first-order valence-electron chi connectivity index (χ1n) is 5.07. The van der Waals surface area contributed by atoms with E-state index in [4.69, 9.17) is 5.73 Å². The smallest absolute Gasteiger partial charge is 0.196 e. The van der Waals surface area contributed by atoms with Crippen LogP contribution in [0.25, 0.3) is 11.4 Å². The maximum absolute atomic E-state index is 11.5. The van der Waals surface area contributed by atoms with E-state index in [1.54, 1.807) is 0 Å². The van der Waals surface area contributed by atoms with Crippen molar-refractivity contribution < 1.29 is 4.79 Å². The van der Waals surface area contributed by atoms with Crippen LogP contribution in [0.4, 0.5) is 0 Å². The number of carbonyl (C=O) groups excluding carboxylic acids is 1. The highest BCUT2D eigenvalue weighted by molar-refractivity contribution is 5.97. The summed E-state index contributed by atoms with van der Waals surface area (Å²) in [6.45, 7) is 1.81. The largest absolute Gasteiger partial charge is 0.341 e. The molecule has 0 amide bonds. The van der Waals surface area contributed by atoms with Gasteiger partial charge in [-0.25, -0.2) is 4.98 Å². The van der Waals surface area contributed by atoms with Crippen LogP contribution in [0.15, 0.2) is 30.3 Å². The van der Waals surface area contributed by atoms with Gasteiger partial charge in [-0.05, 0) is 6.92 Å². The summed E-state index contributed by atoms with van der Waals surface area (Å²) in [6, 6.07) is 9.67. The van der Waals surface area contributed by atoms with E-state index in [0.717, 1.165) is 11.3 Å². The van der Waals surface area contributed by atoms with Crippen LogP contribution in [0.1, 0.15) is 16.2 Å². The number of nitrogens with two attached hydrogens (primary N) is 1. The third-order valence-corrected chi connectivity index (χ3v) is 2.38. The molecular weight excluding hydrogens is 202 g/mol. The van der Waals surface area contributed by atoms with Gasteiger partial charge in [-0.2, -0.15) is 0 Å². The molecule has 0 radical (unpaired) electrons. The third-order valence-electron chi connectivity index (χ3n) is 2.38. The molecule has 2 aromatic rings. The van der Waals surface area contributed by atoms with Crippen LogP contribution in [0.2, 0.25) is 0 Å². The predicted molar refractivity (Wildman–Crippen MR) is 62.1 cm³/mol. The Morgan fingerprint density at radius 3 is 2.69 bits per heavy atom. The molecule has 4 heteroatoms. The van der Waals surface area contributed by atoms with Gasteiger partial charge in [-0.15, -0.1) is 0 Å². The van der Waals surface area contributed by atoms with Gasteiger partial charge in [0.25, 0.3) is 0 Å². The van der Waals surface area contributed by atoms with Crippen LogP contribution in [-0.4, -0.2) is 22.3 Å². The molecule has 1 aromatic heterocycles. The summed E-state index contributed by atoms with van der Waals surface area (Å²) in [5, 5.41) is 0. The Bertz CT molecular complexity index is 502. The molecule has 3 N–H and O–H groups in total. The van der Waals surface area contributed by atoms with Gasteiger partial charge >= 0.3 is 0 Å². The van der Waals surface area contributed by atoms with Crippen molar-refractivity contribution in [2.24, 2.45) is 5.73 Å². The van der Waals surface area contributed by atoms with Crippen LogP contribution in [0, 0.1) is 6.92 Å². The fraction of sp³-hybridized carbons (Fsp3) is 0.167. The van der Waals surface area contributed by atoms with E-state index in [1.165, 1.54) is 0 Å². The number of benzene rings is 1. The Balaban J connectivity index is 2.42. The molecule has 0 aliphatic carbocycles. The normalized spacial score (nSPS) is 10.4. The van der Waals surface area contributed by atoms with Crippen molar-refractivity contribution in [2.75, 3.05) is 6.54 Å². The van der Waals surface area contributed by atoms with Crippen molar-refractivity contribution in [1.29, 1.82) is 0 Å². The molecule has 0 atom stereocenters. The number of hydrogen-bond acceptors (Lipinski definition) is 3. The maximum Gasteiger partial charge on any atom is 0.196 e. The lowest BCUT2D eigenvalue weighted by molar-refractivity contribution is 0.0996. The van der Waals surface area contributed by atoms with E-state index in [2.05, 4.69) is 9.97 Å². The molecule has 4 nitrogen and oxygen atoms in total. The molecule has 0 bridgehead atoms. The topological polar surface area (TPSA) is 71.8 Å². The molecular formula is C12H13N3O. The lowest BCUT2D eigenvalue weighted by Crippen LogP contribution is -2.14.